The van der Waals surface area contributed by atoms with Crippen LogP contribution in [0.5, 0.6) is 0 Å². The molecule has 1 aliphatic heterocycles. The number of hydrogen-bond acceptors (Lipinski definition) is 6. The minimum Gasteiger partial charge on any atom is -0.458 e. The Morgan fingerprint density at radius 2 is 2.03 bits per heavy atom. The molecule has 3 fully saturated rings. The number of allylic oxidation sites excluding steroid dienone is 4. The number of aliphatic hydroxyl groups excluding tert-OH is 1. The van der Waals surface area contributed by atoms with Gasteiger partial charge in [-0.2, -0.15) is 0 Å². The molecule has 0 bridgehead atoms. The molecule has 5 rings (SSSR count). The molecule has 4 aliphatic carbocycles. The first kappa shape index (κ1) is 23.0. The van der Waals surface area contributed by atoms with Gasteiger partial charge in [0.05, 0.1) is 0 Å². The number of carbonyl (C=O) groups excluding carboxylic acids is 3. The third-order valence-electron chi connectivity index (χ3n) is 9.81. The Labute approximate surface area is 195 Å². The number of aliphatic hydroxyl groups is 1. The highest BCUT2D eigenvalue weighted by Crippen LogP contribution is 2.69. The van der Waals surface area contributed by atoms with Gasteiger partial charge in [0.2, 0.25) is 6.29 Å². The Morgan fingerprint density at radius 3 is 2.73 bits per heavy atom. The van der Waals surface area contributed by atoms with E-state index in [0.717, 1.165) is 44.1 Å². The summed E-state index contributed by atoms with van der Waals surface area (Å²) in [6.45, 7) is 6.72. The van der Waals surface area contributed by atoms with Crippen LogP contribution in [0.3, 0.4) is 0 Å². The van der Waals surface area contributed by atoms with Crippen LogP contribution in [-0.4, -0.2) is 41.1 Å². The molecule has 180 valence electrons. The van der Waals surface area contributed by atoms with Gasteiger partial charge in [0.1, 0.15) is 5.60 Å². The first-order valence-electron chi connectivity index (χ1n) is 12.6. The molecule has 1 saturated heterocycles. The van der Waals surface area contributed by atoms with Crippen molar-refractivity contribution >= 4 is 17.5 Å². The summed E-state index contributed by atoms with van der Waals surface area (Å²) in [5.41, 5.74) is 1.35. The number of carbonyl (C=O) groups is 3. The molecule has 0 aromatic heterocycles. The SMILES string of the molecule is CCCOC(O)C(=O)[C@@H]1CC2=CC(=O)CC[C@]2(C)C2=CC[C@@]3(C)[C@@H](CC[C@@]34CCC(=O)O4)[C@@H]21. The number of fused-ring (bicyclic) bond motifs is 6. The maximum absolute atomic E-state index is 13.6. The highest BCUT2D eigenvalue weighted by Gasteiger charge is 2.67. The lowest BCUT2D eigenvalue weighted by Gasteiger charge is -2.57. The molecule has 1 heterocycles. The van der Waals surface area contributed by atoms with Gasteiger partial charge >= 0.3 is 5.97 Å². The van der Waals surface area contributed by atoms with E-state index in [0.29, 0.717) is 25.9 Å². The first-order chi connectivity index (χ1) is 15.6. The fourth-order valence-electron chi connectivity index (χ4n) is 7.92. The van der Waals surface area contributed by atoms with Crippen molar-refractivity contribution < 1.29 is 29.0 Å². The number of ketones is 2. The molecule has 1 N–H and O–H groups in total. The highest BCUT2D eigenvalue weighted by atomic mass is 16.6. The molecule has 7 atom stereocenters. The van der Waals surface area contributed by atoms with Crippen molar-refractivity contribution in [3.8, 4) is 0 Å². The molecule has 0 radical (unpaired) electrons. The summed E-state index contributed by atoms with van der Waals surface area (Å²) >= 11 is 0. The molecule has 0 aromatic carbocycles. The molecule has 1 spiro atoms. The van der Waals surface area contributed by atoms with Crippen molar-refractivity contribution in [1.29, 1.82) is 0 Å². The molecule has 5 aliphatic rings. The van der Waals surface area contributed by atoms with Crippen molar-refractivity contribution in [3.63, 3.8) is 0 Å². The summed E-state index contributed by atoms with van der Waals surface area (Å²) in [5, 5.41) is 10.6. The average Bonchev–Trinajstić information content (AvgIpc) is 3.31. The molecule has 0 aromatic rings. The molecule has 33 heavy (non-hydrogen) atoms. The minimum atomic E-state index is -1.45. The zero-order valence-corrected chi connectivity index (χ0v) is 20.0. The minimum absolute atomic E-state index is 0.0369. The topological polar surface area (TPSA) is 89.9 Å². The van der Waals surface area contributed by atoms with E-state index in [1.165, 1.54) is 5.57 Å². The van der Waals surface area contributed by atoms with Crippen LogP contribution in [0.25, 0.3) is 0 Å². The van der Waals surface area contributed by atoms with Crippen LogP contribution in [0.2, 0.25) is 0 Å². The van der Waals surface area contributed by atoms with Gasteiger partial charge in [0, 0.05) is 36.2 Å². The third-order valence-corrected chi connectivity index (χ3v) is 9.81. The lowest BCUT2D eigenvalue weighted by molar-refractivity contribution is -0.168. The number of Topliss-reactive ketones (excluding diaryl/α,β-unsaturated/α-hetero) is 1. The van der Waals surface area contributed by atoms with E-state index in [1.807, 2.05) is 6.92 Å². The lowest BCUT2D eigenvalue weighted by atomic mass is 9.47. The summed E-state index contributed by atoms with van der Waals surface area (Å²) in [4.78, 5) is 38.0. The quantitative estimate of drug-likeness (QED) is 0.381. The Kier molecular flexibility index (Phi) is 5.48. The predicted octanol–water partition coefficient (Wildman–Crippen LogP) is 4.05. The first-order valence-corrected chi connectivity index (χ1v) is 12.6. The predicted molar refractivity (Wildman–Crippen MR) is 121 cm³/mol. The summed E-state index contributed by atoms with van der Waals surface area (Å²) in [6, 6.07) is 0. The van der Waals surface area contributed by atoms with Gasteiger partial charge in [0.25, 0.3) is 0 Å². The van der Waals surface area contributed by atoms with Crippen molar-refractivity contribution in [2.75, 3.05) is 6.61 Å². The Balaban J connectivity index is 1.58. The van der Waals surface area contributed by atoms with Gasteiger partial charge in [-0.05, 0) is 62.9 Å². The van der Waals surface area contributed by atoms with Gasteiger partial charge in [-0.1, -0.05) is 38.0 Å². The largest absolute Gasteiger partial charge is 0.458 e. The molecule has 0 amide bonds. The highest BCUT2D eigenvalue weighted by molar-refractivity contribution is 5.93. The van der Waals surface area contributed by atoms with E-state index >= 15 is 0 Å². The average molecular weight is 457 g/mol. The summed E-state index contributed by atoms with van der Waals surface area (Å²) in [5.74, 6) is -0.570. The summed E-state index contributed by atoms with van der Waals surface area (Å²) in [7, 11) is 0. The van der Waals surface area contributed by atoms with Gasteiger partial charge in [-0.3, -0.25) is 14.4 Å². The van der Waals surface area contributed by atoms with E-state index in [1.54, 1.807) is 6.08 Å². The van der Waals surface area contributed by atoms with Crippen LogP contribution >= 0.6 is 0 Å². The van der Waals surface area contributed by atoms with E-state index in [9.17, 15) is 19.5 Å². The molecule has 1 unspecified atom stereocenters. The fourth-order valence-corrected chi connectivity index (χ4v) is 7.92. The number of ether oxygens (including phenoxy) is 2. The smallest absolute Gasteiger partial charge is 0.306 e. The Morgan fingerprint density at radius 1 is 1.24 bits per heavy atom. The second-order valence-corrected chi connectivity index (χ2v) is 11.3. The maximum atomic E-state index is 13.6. The second-order valence-electron chi connectivity index (χ2n) is 11.3. The number of hydrogen-bond donors (Lipinski definition) is 1. The maximum Gasteiger partial charge on any atom is 0.306 e. The molecular weight excluding hydrogens is 420 g/mol. The van der Waals surface area contributed by atoms with Gasteiger partial charge < -0.3 is 14.6 Å². The second kappa shape index (κ2) is 7.88. The van der Waals surface area contributed by atoms with Crippen LogP contribution in [0.1, 0.15) is 78.6 Å². The molecule has 2 saturated carbocycles. The monoisotopic (exact) mass is 456 g/mol. The van der Waals surface area contributed by atoms with Crippen LogP contribution in [-0.2, 0) is 23.9 Å². The third kappa shape index (κ3) is 3.23. The summed E-state index contributed by atoms with van der Waals surface area (Å²) < 4.78 is 11.5. The van der Waals surface area contributed by atoms with Crippen molar-refractivity contribution in [3.05, 3.63) is 23.3 Å². The van der Waals surface area contributed by atoms with Crippen molar-refractivity contribution in [2.24, 2.45) is 28.6 Å². The van der Waals surface area contributed by atoms with Crippen LogP contribution < -0.4 is 0 Å². The van der Waals surface area contributed by atoms with Gasteiger partial charge in [-0.25, -0.2) is 0 Å². The van der Waals surface area contributed by atoms with Crippen LogP contribution in [0.15, 0.2) is 23.3 Å². The Hall–Kier alpha value is -1.79. The fraction of sp³-hybridized carbons (Fsp3) is 0.741. The Bertz CT molecular complexity index is 948. The zero-order chi connectivity index (χ0) is 23.6. The normalized spacial score (nSPS) is 42.7. The molecule has 6 nitrogen and oxygen atoms in total. The zero-order valence-electron chi connectivity index (χ0n) is 20.0. The van der Waals surface area contributed by atoms with Crippen molar-refractivity contribution in [2.45, 2.75) is 90.4 Å². The van der Waals surface area contributed by atoms with Gasteiger partial charge in [-0.15, -0.1) is 0 Å². The van der Waals surface area contributed by atoms with Gasteiger partial charge in [0.15, 0.2) is 11.6 Å². The van der Waals surface area contributed by atoms with E-state index in [4.69, 9.17) is 9.47 Å². The molecular formula is C27H36O6. The lowest BCUT2D eigenvalue weighted by Crippen LogP contribution is -2.54. The standard InChI is InChI=1S/C27H36O6/c1-4-13-32-24(31)23(30)18-15-16-14-17(28)5-9-25(16,2)19-6-10-26(3)20(22(18)19)7-11-27(26)12-8-21(29)33-27/h6,14,18,20,22,24,31H,4-5,7-13,15H2,1-3H3/t18-,20+,22-,24?,25+,26+,27-/m1/s1. The van der Waals surface area contributed by atoms with E-state index in [2.05, 4.69) is 19.9 Å². The van der Waals surface area contributed by atoms with E-state index in [-0.39, 0.29) is 40.2 Å². The molecule has 6 heteroatoms. The van der Waals surface area contributed by atoms with Crippen LogP contribution in [0, 0.1) is 28.6 Å². The number of rotatable bonds is 5. The van der Waals surface area contributed by atoms with E-state index < -0.39 is 17.8 Å². The van der Waals surface area contributed by atoms with Crippen LogP contribution in [0.4, 0.5) is 0 Å². The summed E-state index contributed by atoms with van der Waals surface area (Å²) in [6.07, 6.45) is 8.82. The van der Waals surface area contributed by atoms with Crippen molar-refractivity contribution in [1.82, 2.24) is 0 Å². The number of esters is 1.